The summed E-state index contributed by atoms with van der Waals surface area (Å²) in [6.07, 6.45) is 1.75. The fourth-order valence-electron chi connectivity index (χ4n) is 2.82. The van der Waals surface area contributed by atoms with Gasteiger partial charge in [-0.15, -0.1) is 11.3 Å². The van der Waals surface area contributed by atoms with Gasteiger partial charge in [-0.1, -0.05) is 56.3 Å². The van der Waals surface area contributed by atoms with Gasteiger partial charge in [0.2, 0.25) is 5.13 Å². The third-order valence-corrected chi connectivity index (χ3v) is 5.15. The van der Waals surface area contributed by atoms with E-state index in [0.717, 1.165) is 10.9 Å². The van der Waals surface area contributed by atoms with Crippen LogP contribution in [0.3, 0.4) is 0 Å². The first kappa shape index (κ1) is 18.1. The van der Waals surface area contributed by atoms with Crippen molar-refractivity contribution in [1.29, 1.82) is 0 Å². The summed E-state index contributed by atoms with van der Waals surface area (Å²) < 4.78 is 5.38. The first-order valence-corrected chi connectivity index (χ1v) is 9.86. The Kier molecular flexibility index (Phi) is 5.04. The highest BCUT2D eigenvalue weighted by Gasteiger charge is 2.11. The van der Waals surface area contributed by atoms with Crippen molar-refractivity contribution in [2.24, 2.45) is 5.10 Å². The van der Waals surface area contributed by atoms with Gasteiger partial charge in [0.05, 0.1) is 17.5 Å². The number of thiazole rings is 1. The minimum absolute atomic E-state index is 0.399. The Morgan fingerprint density at radius 1 is 1.14 bits per heavy atom. The maximum absolute atomic E-state index is 12.3. The minimum Gasteiger partial charge on any atom is -0.422 e. The van der Waals surface area contributed by atoms with Crippen molar-refractivity contribution in [3.8, 4) is 11.3 Å². The third kappa shape index (κ3) is 3.87. The lowest BCUT2D eigenvalue weighted by atomic mass is 10.0. The van der Waals surface area contributed by atoms with Crippen molar-refractivity contribution >= 4 is 33.7 Å². The third-order valence-electron chi connectivity index (χ3n) is 4.40. The van der Waals surface area contributed by atoms with Crippen LogP contribution in [-0.4, -0.2) is 11.2 Å². The summed E-state index contributed by atoms with van der Waals surface area (Å²) in [5.74, 6) is 0.505. The fraction of sp³-hybridized carbons (Fsp3) is 0.136. The molecule has 0 amide bonds. The molecule has 4 rings (SSSR count). The summed E-state index contributed by atoms with van der Waals surface area (Å²) >= 11 is 1.38. The molecule has 28 heavy (non-hydrogen) atoms. The molecule has 0 spiro atoms. The average molecular weight is 389 g/mol. The van der Waals surface area contributed by atoms with Crippen LogP contribution < -0.4 is 11.1 Å². The zero-order valence-corrected chi connectivity index (χ0v) is 16.4. The molecule has 2 heterocycles. The van der Waals surface area contributed by atoms with Gasteiger partial charge < -0.3 is 4.42 Å². The van der Waals surface area contributed by atoms with Crippen LogP contribution in [0.1, 0.15) is 30.9 Å². The number of benzene rings is 2. The quantitative estimate of drug-likeness (QED) is 0.279. The van der Waals surface area contributed by atoms with E-state index < -0.39 is 5.63 Å². The van der Waals surface area contributed by atoms with E-state index >= 15 is 0 Å². The van der Waals surface area contributed by atoms with Gasteiger partial charge in [-0.2, -0.15) is 5.10 Å². The SMILES string of the molecule is CC(C)c1ccc(/C=N/Nc2nc(-c3cc4ccccc4oc3=O)cs2)cc1. The van der Waals surface area contributed by atoms with Gasteiger partial charge in [0.1, 0.15) is 5.58 Å². The average Bonchev–Trinajstić information content (AvgIpc) is 3.16. The monoisotopic (exact) mass is 389 g/mol. The molecule has 5 nitrogen and oxygen atoms in total. The second-order valence-corrected chi connectivity index (χ2v) is 7.57. The molecule has 2 aromatic carbocycles. The lowest BCUT2D eigenvalue weighted by molar-refractivity contribution is 0.563. The van der Waals surface area contributed by atoms with E-state index in [-0.39, 0.29) is 0 Å². The Morgan fingerprint density at radius 3 is 2.71 bits per heavy atom. The number of fused-ring (bicyclic) bond motifs is 1. The van der Waals surface area contributed by atoms with Crippen molar-refractivity contribution in [2.45, 2.75) is 19.8 Å². The van der Waals surface area contributed by atoms with E-state index in [0.29, 0.717) is 27.9 Å². The van der Waals surface area contributed by atoms with Crippen molar-refractivity contribution in [2.75, 3.05) is 5.43 Å². The number of nitrogens with one attached hydrogen (secondary N) is 1. The number of anilines is 1. The Bertz CT molecular complexity index is 1190. The highest BCUT2D eigenvalue weighted by atomic mass is 32.1. The molecule has 1 N–H and O–H groups in total. The molecule has 0 atom stereocenters. The van der Waals surface area contributed by atoms with Crippen LogP contribution in [0.25, 0.3) is 22.2 Å². The molecule has 0 unspecified atom stereocenters. The van der Waals surface area contributed by atoms with Crippen molar-refractivity contribution in [3.63, 3.8) is 0 Å². The molecule has 2 aromatic heterocycles. The largest absolute Gasteiger partial charge is 0.422 e. The van der Waals surface area contributed by atoms with Crippen LogP contribution in [0, 0.1) is 0 Å². The van der Waals surface area contributed by atoms with E-state index in [2.05, 4.69) is 41.5 Å². The molecule has 6 heteroatoms. The maximum atomic E-state index is 12.3. The summed E-state index contributed by atoms with van der Waals surface area (Å²) in [5.41, 5.74) is 6.40. The van der Waals surface area contributed by atoms with Crippen molar-refractivity contribution in [3.05, 3.63) is 81.5 Å². The Hall–Kier alpha value is -3.25. The zero-order valence-electron chi connectivity index (χ0n) is 15.5. The summed E-state index contributed by atoms with van der Waals surface area (Å²) in [6.45, 7) is 4.33. The first-order chi connectivity index (χ1) is 13.6. The lowest BCUT2D eigenvalue weighted by Crippen LogP contribution is -2.02. The molecule has 0 radical (unpaired) electrons. The van der Waals surface area contributed by atoms with Crippen LogP contribution in [0.2, 0.25) is 0 Å². The predicted molar refractivity (Wildman–Crippen MR) is 115 cm³/mol. The van der Waals surface area contributed by atoms with Crippen molar-refractivity contribution < 1.29 is 4.42 Å². The topological polar surface area (TPSA) is 67.5 Å². The highest BCUT2D eigenvalue weighted by Crippen LogP contribution is 2.25. The molecule has 140 valence electrons. The first-order valence-electron chi connectivity index (χ1n) is 8.98. The zero-order chi connectivity index (χ0) is 19.5. The van der Waals surface area contributed by atoms with E-state index in [1.807, 2.05) is 35.7 Å². The molecule has 0 saturated heterocycles. The van der Waals surface area contributed by atoms with Gasteiger partial charge in [-0.3, -0.25) is 5.43 Å². The molecule has 0 aliphatic carbocycles. The molecular weight excluding hydrogens is 370 g/mol. The Morgan fingerprint density at radius 2 is 1.93 bits per heavy atom. The van der Waals surface area contributed by atoms with Gasteiger partial charge >= 0.3 is 5.63 Å². The molecule has 0 aliphatic heterocycles. The van der Waals surface area contributed by atoms with E-state index in [1.54, 1.807) is 18.3 Å². The number of hydrogen-bond donors (Lipinski definition) is 1. The summed E-state index contributed by atoms with van der Waals surface area (Å²) in [5, 5.41) is 7.53. The summed E-state index contributed by atoms with van der Waals surface area (Å²) in [6, 6.07) is 17.5. The van der Waals surface area contributed by atoms with Gasteiger partial charge in [-0.25, -0.2) is 9.78 Å². The minimum atomic E-state index is -0.399. The van der Waals surface area contributed by atoms with Gasteiger partial charge in [0.15, 0.2) is 0 Å². The molecule has 4 aromatic rings. The number of hydrogen-bond acceptors (Lipinski definition) is 6. The summed E-state index contributed by atoms with van der Waals surface area (Å²) in [7, 11) is 0. The fourth-order valence-corrected chi connectivity index (χ4v) is 3.48. The van der Waals surface area contributed by atoms with Crippen LogP contribution in [-0.2, 0) is 0 Å². The molecule has 0 saturated carbocycles. The second-order valence-electron chi connectivity index (χ2n) is 6.71. The number of para-hydroxylation sites is 1. The Labute approximate surface area is 166 Å². The lowest BCUT2D eigenvalue weighted by Gasteiger charge is -2.04. The number of nitrogens with zero attached hydrogens (tertiary/aromatic N) is 2. The van der Waals surface area contributed by atoms with Gasteiger partial charge in [-0.05, 0) is 29.2 Å². The smallest absolute Gasteiger partial charge is 0.345 e. The van der Waals surface area contributed by atoms with Crippen LogP contribution in [0.4, 0.5) is 5.13 Å². The maximum Gasteiger partial charge on any atom is 0.345 e. The standard InChI is InChI=1S/C22H19N3O2S/c1-14(2)16-9-7-15(8-10-16)12-23-25-22-24-19(13-28-22)18-11-17-5-3-4-6-20(17)27-21(18)26/h3-14H,1-2H3,(H,24,25)/b23-12+. The number of rotatable bonds is 5. The van der Waals surface area contributed by atoms with Crippen LogP contribution in [0.15, 0.2) is 74.3 Å². The van der Waals surface area contributed by atoms with E-state index in [1.165, 1.54) is 16.9 Å². The van der Waals surface area contributed by atoms with Crippen molar-refractivity contribution in [1.82, 2.24) is 4.98 Å². The molecular formula is C22H19N3O2S. The predicted octanol–water partition coefficient (Wildman–Crippen LogP) is 5.49. The second kappa shape index (κ2) is 7.78. The normalized spacial score (nSPS) is 11.5. The molecule has 0 fully saturated rings. The highest BCUT2D eigenvalue weighted by molar-refractivity contribution is 7.14. The summed E-state index contributed by atoms with van der Waals surface area (Å²) in [4.78, 5) is 16.7. The molecule has 0 bridgehead atoms. The van der Waals surface area contributed by atoms with E-state index in [9.17, 15) is 4.79 Å². The molecule has 0 aliphatic rings. The van der Waals surface area contributed by atoms with Crippen LogP contribution in [0.5, 0.6) is 0 Å². The van der Waals surface area contributed by atoms with E-state index in [4.69, 9.17) is 4.42 Å². The van der Waals surface area contributed by atoms with Crippen LogP contribution >= 0.6 is 11.3 Å². The number of aromatic nitrogens is 1. The number of hydrazone groups is 1. The van der Waals surface area contributed by atoms with Gasteiger partial charge in [0.25, 0.3) is 0 Å². The Balaban J connectivity index is 1.50. The van der Waals surface area contributed by atoms with Gasteiger partial charge in [0, 0.05) is 10.8 Å².